The van der Waals surface area contributed by atoms with Gasteiger partial charge < -0.3 is 21.2 Å². The Kier molecular flexibility index (Phi) is 3.81. The quantitative estimate of drug-likeness (QED) is 0.435. The fourth-order valence-corrected chi connectivity index (χ4v) is 3.08. The van der Waals surface area contributed by atoms with Crippen LogP contribution in [0.15, 0.2) is 30.6 Å². The van der Waals surface area contributed by atoms with E-state index in [0.717, 1.165) is 27.7 Å². The molecule has 3 heterocycles. The second-order valence-electron chi connectivity index (χ2n) is 6.96. The Labute approximate surface area is 154 Å². The topological polar surface area (TPSA) is 149 Å². The molecule has 1 aromatic carbocycles. The number of nitrogens with one attached hydrogen (secondary N) is 2. The van der Waals surface area contributed by atoms with Gasteiger partial charge in [-0.05, 0) is 18.2 Å². The van der Waals surface area contributed by atoms with E-state index in [2.05, 4.69) is 25.1 Å². The molecule has 9 heteroatoms. The number of carbonyl (C=O) groups is 1. The van der Waals surface area contributed by atoms with E-state index in [1.165, 1.54) is 6.33 Å². The standard InChI is InChI=1S/C18H19N7O2/c1-18(2,7-19)15-13-14(24-25-16(13)22-8-21-15)12-5-9-3-4-10(27-17(20)26)6-11(9)23-12/h3-6,8,23H,7,19H2,1-2H3,(H2,20,26)(H,21,22,24,25). The fraction of sp³-hybridized carbons (Fsp3) is 0.222. The van der Waals surface area contributed by atoms with Crippen LogP contribution in [0.5, 0.6) is 5.75 Å². The summed E-state index contributed by atoms with van der Waals surface area (Å²) in [6.45, 7) is 4.50. The number of fused-ring (bicyclic) bond motifs is 2. The van der Waals surface area contributed by atoms with Gasteiger partial charge in [-0.2, -0.15) is 5.10 Å². The molecule has 3 aromatic heterocycles. The van der Waals surface area contributed by atoms with Crippen LogP contribution in [0.4, 0.5) is 4.79 Å². The van der Waals surface area contributed by atoms with Gasteiger partial charge in [-0.15, -0.1) is 0 Å². The Morgan fingerprint density at radius 3 is 2.81 bits per heavy atom. The van der Waals surface area contributed by atoms with Crippen LogP contribution in [0.1, 0.15) is 19.5 Å². The first-order valence-corrected chi connectivity index (χ1v) is 8.39. The fourth-order valence-electron chi connectivity index (χ4n) is 3.08. The van der Waals surface area contributed by atoms with E-state index in [1.54, 1.807) is 12.1 Å². The zero-order valence-corrected chi connectivity index (χ0v) is 14.9. The molecule has 4 aromatic rings. The Morgan fingerprint density at radius 2 is 2.07 bits per heavy atom. The predicted molar refractivity (Wildman–Crippen MR) is 101 cm³/mol. The lowest BCUT2D eigenvalue weighted by Crippen LogP contribution is -2.29. The zero-order valence-electron chi connectivity index (χ0n) is 14.9. The van der Waals surface area contributed by atoms with Gasteiger partial charge in [-0.25, -0.2) is 14.8 Å². The third-order valence-corrected chi connectivity index (χ3v) is 4.58. The number of hydrogen-bond acceptors (Lipinski definition) is 6. The molecule has 0 radical (unpaired) electrons. The van der Waals surface area contributed by atoms with Crippen molar-refractivity contribution in [1.29, 1.82) is 0 Å². The monoisotopic (exact) mass is 365 g/mol. The minimum absolute atomic E-state index is 0.339. The van der Waals surface area contributed by atoms with Crippen molar-refractivity contribution < 1.29 is 9.53 Å². The molecule has 0 aliphatic carbocycles. The second-order valence-corrected chi connectivity index (χ2v) is 6.96. The van der Waals surface area contributed by atoms with E-state index in [1.807, 2.05) is 26.0 Å². The van der Waals surface area contributed by atoms with Crippen molar-refractivity contribution in [1.82, 2.24) is 25.1 Å². The molecule has 6 N–H and O–H groups in total. The number of primary amides is 1. The summed E-state index contributed by atoms with van der Waals surface area (Å²) in [5.74, 6) is 0.364. The number of ether oxygens (including phenoxy) is 1. The van der Waals surface area contributed by atoms with Crippen LogP contribution >= 0.6 is 0 Å². The van der Waals surface area contributed by atoms with Gasteiger partial charge in [0.15, 0.2) is 5.65 Å². The summed E-state index contributed by atoms with van der Waals surface area (Å²) in [7, 11) is 0. The smallest absolute Gasteiger partial charge is 0.409 e. The van der Waals surface area contributed by atoms with Crippen LogP contribution < -0.4 is 16.2 Å². The van der Waals surface area contributed by atoms with E-state index in [0.29, 0.717) is 23.6 Å². The van der Waals surface area contributed by atoms with Crippen LogP contribution in [0.3, 0.4) is 0 Å². The van der Waals surface area contributed by atoms with Crippen LogP contribution in [0.2, 0.25) is 0 Å². The number of hydrogen-bond donors (Lipinski definition) is 4. The van der Waals surface area contributed by atoms with Crippen LogP contribution in [0.25, 0.3) is 33.3 Å². The average molecular weight is 365 g/mol. The third kappa shape index (κ3) is 2.87. The lowest BCUT2D eigenvalue weighted by Gasteiger charge is -2.22. The molecule has 0 saturated carbocycles. The Hall–Kier alpha value is -3.46. The van der Waals surface area contributed by atoms with Gasteiger partial charge in [0.2, 0.25) is 0 Å². The molecule has 0 aliphatic rings. The first-order valence-electron chi connectivity index (χ1n) is 8.39. The van der Waals surface area contributed by atoms with Crippen LogP contribution in [0, 0.1) is 0 Å². The summed E-state index contributed by atoms with van der Waals surface area (Å²) in [5.41, 5.74) is 14.4. The lowest BCUT2D eigenvalue weighted by molar-refractivity contribution is 0.211. The predicted octanol–water partition coefficient (Wildman–Crippen LogP) is 2.19. The highest BCUT2D eigenvalue weighted by Crippen LogP contribution is 2.34. The van der Waals surface area contributed by atoms with Crippen molar-refractivity contribution in [3.05, 3.63) is 36.3 Å². The summed E-state index contributed by atoms with van der Waals surface area (Å²) in [6.07, 6.45) is 0.653. The number of nitrogens with zero attached hydrogens (tertiary/aromatic N) is 3. The molecule has 0 bridgehead atoms. The molecule has 0 unspecified atom stereocenters. The normalized spacial score (nSPS) is 12.0. The van der Waals surface area contributed by atoms with Gasteiger partial charge in [0.25, 0.3) is 0 Å². The first kappa shape index (κ1) is 17.0. The molecule has 4 rings (SSSR count). The van der Waals surface area contributed by atoms with Crippen molar-refractivity contribution in [2.45, 2.75) is 19.3 Å². The Bertz CT molecular complexity index is 1160. The highest BCUT2D eigenvalue weighted by Gasteiger charge is 2.27. The molecule has 0 saturated heterocycles. The molecule has 0 fully saturated rings. The SMILES string of the molecule is CC(C)(CN)c1ncnc2[nH]nc(-c3cc4ccc(OC(N)=O)cc4[nH]3)c12. The molecule has 27 heavy (non-hydrogen) atoms. The Balaban J connectivity index is 1.88. The number of aromatic nitrogens is 5. The summed E-state index contributed by atoms with van der Waals surface area (Å²) < 4.78 is 4.93. The van der Waals surface area contributed by atoms with E-state index in [9.17, 15) is 4.79 Å². The highest BCUT2D eigenvalue weighted by atomic mass is 16.5. The van der Waals surface area contributed by atoms with Gasteiger partial charge >= 0.3 is 6.09 Å². The number of aromatic amines is 2. The molecule has 138 valence electrons. The highest BCUT2D eigenvalue weighted by molar-refractivity contribution is 5.96. The largest absolute Gasteiger partial charge is 0.410 e. The third-order valence-electron chi connectivity index (χ3n) is 4.58. The van der Waals surface area contributed by atoms with Crippen molar-refractivity contribution in [2.75, 3.05) is 6.54 Å². The molecule has 9 nitrogen and oxygen atoms in total. The maximum atomic E-state index is 11.0. The molecule has 1 amide bonds. The summed E-state index contributed by atoms with van der Waals surface area (Å²) in [6, 6.07) is 7.19. The van der Waals surface area contributed by atoms with Gasteiger partial charge in [0.1, 0.15) is 17.8 Å². The molecule has 0 spiro atoms. The number of H-pyrrole nitrogens is 2. The van der Waals surface area contributed by atoms with E-state index in [-0.39, 0.29) is 5.41 Å². The van der Waals surface area contributed by atoms with E-state index >= 15 is 0 Å². The molecular weight excluding hydrogens is 346 g/mol. The van der Waals surface area contributed by atoms with Gasteiger partial charge in [-0.3, -0.25) is 5.10 Å². The van der Waals surface area contributed by atoms with Crippen molar-refractivity contribution in [3.8, 4) is 17.1 Å². The molecule has 0 atom stereocenters. The maximum Gasteiger partial charge on any atom is 0.409 e. The van der Waals surface area contributed by atoms with E-state index < -0.39 is 6.09 Å². The summed E-state index contributed by atoms with van der Waals surface area (Å²) >= 11 is 0. The van der Waals surface area contributed by atoms with E-state index in [4.69, 9.17) is 16.2 Å². The van der Waals surface area contributed by atoms with Gasteiger partial charge in [0.05, 0.1) is 16.8 Å². The summed E-state index contributed by atoms with van der Waals surface area (Å²) in [4.78, 5) is 23.0. The van der Waals surface area contributed by atoms with Crippen molar-refractivity contribution >= 4 is 28.0 Å². The van der Waals surface area contributed by atoms with Crippen LogP contribution in [-0.4, -0.2) is 37.8 Å². The van der Waals surface area contributed by atoms with Gasteiger partial charge in [-0.1, -0.05) is 13.8 Å². The minimum Gasteiger partial charge on any atom is -0.410 e. The molecule has 0 aliphatic heterocycles. The first-order chi connectivity index (χ1) is 12.9. The lowest BCUT2D eigenvalue weighted by atomic mass is 9.87. The van der Waals surface area contributed by atoms with Crippen molar-refractivity contribution in [2.24, 2.45) is 11.5 Å². The zero-order chi connectivity index (χ0) is 19.2. The second kappa shape index (κ2) is 6.06. The van der Waals surface area contributed by atoms with Crippen molar-refractivity contribution in [3.63, 3.8) is 0 Å². The average Bonchev–Trinajstić information content (AvgIpc) is 3.23. The summed E-state index contributed by atoms with van der Waals surface area (Å²) in [5, 5.41) is 9.16. The number of carbonyl (C=O) groups excluding carboxylic acids is 1. The number of amides is 1. The minimum atomic E-state index is -0.856. The van der Waals surface area contributed by atoms with Crippen LogP contribution in [-0.2, 0) is 5.41 Å². The number of rotatable bonds is 4. The number of benzene rings is 1. The van der Waals surface area contributed by atoms with Gasteiger partial charge in [0, 0.05) is 28.9 Å². The maximum absolute atomic E-state index is 11.0. The number of nitrogens with two attached hydrogens (primary N) is 2. The molecular formula is C18H19N7O2. The Morgan fingerprint density at radius 1 is 1.26 bits per heavy atom.